The molecular weight excluding hydrogens is 330 g/mol. The summed E-state index contributed by atoms with van der Waals surface area (Å²) in [6.07, 6.45) is 1.81. The molecule has 6 nitrogen and oxygen atoms in total. The van der Waals surface area contributed by atoms with Gasteiger partial charge in [-0.2, -0.15) is 0 Å². The van der Waals surface area contributed by atoms with E-state index in [1.807, 2.05) is 24.3 Å². The molecule has 0 spiro atoms. The number of benzene rings is 1. The molecule has 1 aliphatic heterocycles. The van der Waals surface area contributed by atoms with Crippen molar-refractivity contribution in [1.82, 2.24) is 9.97 Å². The molecule has 128 valence electrons. The zero-order valence-electron chi connectivity index (χ0n) is 13.5. The molecule has 1 aromatic heterocycles. The lowest BCUT2D eigenvalue weighted by molar-refractivity contribution is 0.170. The third kappa shape index (κ3) is 4.07. The number of H-pyrrole nitrogens is 1. The molecule has 7 heteroatoms. The third-order valence-electron chi connectivity index (χ3n) is 3.95. The zero-order valence-corrected chi connectivity index (χ0v) is 14.3. The Morgan fingerprint density at radius 3 is 2.79 bits per heavy atom. The summed E-state index contributed by atoms with van der Waals surface area (Å²) in [6.45, 7) is 1.84. The number of hydrogen-bond donors (Lipinski definition) is 1. The van der Waals surface area contributed by atoms with Gasteiger partial charge in [-0.3, -0.25) is 4.79 Å². The predicted molar refractivity (Wildman–Crippen MR) is 92.9 cm³/mol. The van der Waals surface area contributed by atoms with Gasteiger partial charge in [0.1, 0.15) is 30.1 Å². The van der Waals surface area contributed by atoms with E-state index in [-0.39, 0.29) is 18.3 Å². The van der Waals surface area contributed by atoms with Gasteiger partial charge in [0.25, 0.3) is 5.56 Å². The summed E-state index contributed by atoms with van der Waals surface area (Å²) in [5.41, 5.74) is -0.165. The van der Waals surface area contributed by atoms with E-state index in [1.54, 1.807) is 7.11 Å². The summed E-state index contributed by atoms with van der Waals surface area (Å²) in [7, 11) is 1.57. The summed E-state index contributed by atoms with van der Waals surface area (Å²) < 4.78 is 11.0. The van der Waals surface area contributed by atoms with Gasteiger partial charge in [-0.15, -0.1) is 0 Å². The smallest absolute Gasteiger partial charge is 0.253 e. The van der Waals surface area contributed by atoms with Crippen molar-refractivity contribution in [3.8, 4) is 5.75 Å². The van der Waals surface area contributed by atoms with Gasteiger partial charge in [0.2, 0.25) is 0 Å². The van der Waals surface area contributed by atoms with Gasteiger partial charge in [0, 0.05) is 39.1 Å². The van der Waals surface area contributed by atoms with Gasteiger partial charge in [-0.05, 0) is 12.1 Å². The topological polar surface area (TPSA) is 67.5 Å². The lowest BCUT2D eigenvalue weighted by atomic mass is 10.1. The summed E-state index contributed by atoms with van der Waals surface area (Å²) in [6, 6.07) is 9.02. The normalized spacial score (nSPS) is 15.5. The van der Waals surface area contributed by atoms with E-state index >= 15 is 0 Å². The molecule has 0 unspecified atom stereocenters. The number of rotatable bonds is 5. The second-order valence-electron chi connectivity index (χ2n) is 5.72. The lowest BCUT2D eigenvalue weighted by Gasteiger charge is -2.33. The summed E-state index contributed by atoms with van der Waals surface area (Å²) in [4.78, 5) is 21.0. The molecule has 0 amide bonds. The van der Waals surface area contributed by atoms with Crippen LogP contribution in [0, 0.1) is 0 Å². The van der Waals surface area contributed by atoms with Crippen molar-refractivity contribution in [3.05, 3.63) is 51.5 Å². The number of ether oxygens (including phenoxy) is 2. The molecule has 1 aromatic carbocycles. The number of nitrogens with one attached hydrogen (secondary N) is 1. The zero-order chi connectivity index (χ0) is 16.9. The van der Waals surface area contributed by atoms with Crippen molar-refractivity contribution >= 4 is 17.4 Å². The quantitative estimate of drug-likeness (QED) is 0.898. The number of aromatic nitrogens is 2. The fourth-order valence-corrected chi connectivity index (χ4v) is 2.96. The molecular formula is C17H20ClN3O3. The molecule has 1 aliphatic rings. The van der Waals surface area contributed by atoms with Crippen molar-refractivity contribution in [3.63, 3.8) is 0 Å². The number of methoxy groups -OCH3 is 1. The lowest BCUT2D eigenvalue weighted by Crippen LogP contribution is -2.39. The van der Waals surface area contributed by atoms with Gasteiger partial charge in [-0.25, -0.2) is 4.98 Å². The largest absolute Gasteiger partial charge is 0.489 e. The molecule has 2 heterocycles. The van der Waals surface area contributed by atoms with Crippen LogP contribution in [0.25, 0.3) is 0 Å². The molecule has 0 atom stereocenters. The van der Waals surface area contributed by atoms with E-state index in [4.69, 9.17) is 21.1 Å². The Bertz CT molecular complexity index is 742. The number of nitrogens with zero attached hydrogens (tertiary/aromatic N) is 2. The van der Waals surface area contributed by atoms with E-state index in [1.165, 1.54) is 6.07 Å². The van der Waals surface area contributed by atoms with Crippen LogP contribution in [0.15, 0.2) is 35.1 Å². The molecule has 1 N–H and O–H groups in total. The van der Waals surface area contributed by atoms with Gasteiger partial charge < -0.3 is 19.4 Å². The van der Waals surface area contributed by atoms with E-state index < -0.39 is 0 Å². The van der Waals surface area contributed by atoms with Crippen molar-refractivity contribution in [2.45, 2.75) is 25.6 Å². The molecule has 0 saturated carbocycles. The Balaban J connectivity index is 1.63. The van der Waals surface area contributed by atoms with Crippen LogP contribution >= 0.6 is 11.6 Å². The number of halogens is 1. The van der Waals surface area contributed by atoms with Gasteiger partial charge in [0.15, 0.2) is 0 Å². The van der Waals surface area contributed by atoms with E-state index in [9.17, 15) is 4.79 Å². The highest BCUT2D eigenvalue weighted by Gasteiger charge is 2.22. The highest BCUT2D eigenvalue weighted by molar-refractivity contribution is 6.32. The second kappa shape index (κ2) is 7.68. The van der Waals surface area contributed by atoms with Crippen LogP contribution in [0.3, 0.4) is 0 Å². The van der Waals surface area contributed by atoms with Gasteiger partial charge in [0.05, 0.1) is 5.02 Å². The van der Waals surface area contributed by atoms with Crippen LogP contribution in [-0.4, -0.2) is 36.3 Å². The summed E-state index contributed by atoms with van der Waals surface area (Å²) in [5, 5.41) is 0.625. The molecule has 1 saturated heterocycles. The highest BCUT2D eigenvalue weighted by Crippen LogP contribution is 2.27. The Kier molecular flexibility index (Phi) is 5.37. The van der Waals surface area contributed by atoms with Crippen LogP contribution in [0.4, 0.5) is 5.82 Å². The molecule has 0 aliphatic carbocycles. The van der Waals surface area contributed by atoms with Crippen LogP contribution in [-0.2, 0) is 11.3 Å². The van der Waals surface area contributed by atoms with E-state index in [0.717, 1.165) is 25.9 Å². The van der Waals surface area contributed by atoms with Gasteiger partial charge in [-0.1, -0.05) is 23.7 Å². The number of aromatic amines is 1. The fourth-order valence-electron chi connectivity index (χ4n) is 2.78. The first-order valence-corrected chi connectivity index (χ1v) is 8.29. The molecule has 24 heavy (non-hydrogen) atoms. The first kappa shape index (κ1) is 16.8. The molecule has 2 aromatic rings. The van der Waals surface area contributed by atoms with E-state index in [0.29, 0.717) is 22.4 Å². The molecule has 1 fully saturated rings. The predicted octanol–water partition coefficient (Wildman–Crippen LogP) is 2.62. The van der Waals surface area contributed by atoms with Crippen molar-refractivity contribution in [2.24, 2.45) is 0 Å². The van der Waals surface area contributed by atoms with Crippen molar-refractivity contribution < 1.29 is 9.47 Å². The monoisotopic (exact) mass is 349 g/mol. The number of piperidine rings is 1. The Morgan fingerprint density at radius 2 is 2.08 bits per heavy atom. The summed E-state index contributed by atoms with van der Waals surface area (Å²) in [5.74, 6) is 1.94. The van der Waals surface area contributed by atoms with Crippen LogP contribution in [0.2, 0.25) is 5.02 Å². The highest BCUT2D eigenvalue weighted by atomic mass is 35.5. The average molecular weight is 350 g/mol. The van der Waals surface area contributed by atoms with Crippen molar-refractivity contribution in [1.29, 1.82) is 0 Å². The van der Waals surface area contributed by atoms with Gasteiger partial charge >= 0.3 is 0 Å². The minimum Gasteiger partial charge on any atom is -0.489 e. The van der Waals surface area contributed by atoms with Crippen LogP contribution < -0.4 is 15.2 Å². The Labute approximate surface area is 145 Å². The molecule has 0 radical (unpaired) electrons. The maximum absolute atomic E-state index is 11.8. The van der Waals surface area contributed by atoms with Crippen molar-refractivity contribution in [2.75, 3.05) is 25.1 Å². The molecule has 0 bridgehead atoms. The Morgan fingerprint density at radius 1 is 1.33 bits per heavy atom. The van der Waals surface area contributed by atoms with Crippen LogP contribution in [0.1, 0.15) is 18.7 Å². The first-order chi connectivity index (χ1) is 11.7. The number of anilines is 1. The third-order valence-corrected chi connectivity index (χ3v) is 4.27. The number of hydrogen-bond acceptors (Lipinski definition) is 5. The number of para-hydroxylation sites is 1. The maximum atomic E-state index is 11.8. The minimum atomic E-state index is -0.165. The summed E-state index contributed by atoms with van der Waals surface area (Å²) >= 11 is 6.14. The standard InChI is InChI=1S/C17H20ClN3O3/c1-23-11-15-19-16(10-17(22)20-15)21-8-6-12(7-9-21)24-14-5-3-2-4-13(14)18/h2-5,10,12H,6-9,11H2,1H3,(H,19,20,22). The Hall–Kier alpha value is -2.05. The minimum absolute atomic E-state index is 0.113. The average Bonchev–Trinajstić information content (AvgIpc) is 2.57. The maximum Gasteiger partial charge on any atom is 0.253 e. The second-order valence-corrected chi connectivity index (χ2v) is 6.13. The fraction of sp³-hybridized carbons (Fsp3) is 0.412. The van der Waals surface area contributed by atoms with E-state index in [2.05, 4.69) is 14.9 Å². The van der Waals surface area contributed by atoms with Crippen LogP contribution in [0.5, 0.6) is 5.75 Å². The molecule has 3 rings (SSSR count). The first-order valence-electron chi connectivity index (χ1n) is 7.91. The SMILES string of the molecule is COCc1nc(N2CCC(Oc3ccccc3Cl)CC2)cc(=O)[nH]1.